The predicted octanol–water partition coefficient (Wildman–Crippen LogP) is 1.63. The maximum atomic E-state index is 8.55. The molecule has 0 amide bonds. The van der Waals surface area contributed by atoms with Crippen molar-refractivity contribution in [3.05, 3.63) is 0 Å². The van der Waals surface area contributed by atoms with Crippen LogP contribution >= 0.6 is 0 Å². The van der Waals surface area contributed by atoms with E-state index in [1.54, 1.807) is 13.8 Å². The molecule has 4 heteroatoms. The zero-order valence-corrected chi connectivity index (χ0v) is 8.13. The van der Waals surface area contributed by atoms with E-state index in [1.165, 1.54) is 0 Å². The van der Waals surface area contributed by atoms with E-state index >= 15 is 0 Å². The van der Waals surface area contributed by atoms with Crippen LogP contribution in [0.25, 0.3) is 0 Å². The summed E-state index contributed by atoms with van der Waals surface area (Å²) in [5, 5.41) is 11.6. The topological polar surface area (TPSA) is 51.0 Å². The smallest absolute Gasteiger partial charge is 0.208 e. The Bertz CT molecular complexity index is 150. The largest absolute Gasteiger partial charge is 0.411 e. The van der Waals surface area contributed by atoms with Gasteiger partial charge in [0.15, 0.2) is 0 Å². The molecule has 0 heterocycles. The summed E-state index contributed by atoms with van der Waals surface area (Å²) < 4.78 is 10.6. The number of nitrogens with zero attached hydrogens (tertiary/aromatic N) is 1. The van der Waals surface area contributed by atoms with Crippen LogP contribution in [0, 0.1) is 0 Å². The van der Waals surface area contributed by atoms with Gasteiger partial charge in [-0.1, -0.05) is 5.16 Å². The maximum absolute atomic E-state index is 8.55. The maximum Gasteiger partial charge on any atom is 0.208 e. The third-order valence-corrected chi connectivity index (χ3v) is 1.65. The summed E-state index contributed by atoms with van der Waals surface area (Å²) in [6, 6.07) is 0. The van der Waals surface area contributed by atoms with E-state index < -0.39 is 5.79 Å². The van der Waals surface area contributed by atoms with Crippen LogP contribution < -0.4 is 0 Å². The quantitative estimate of drug-likeness (QED) is 0.299. The molecule has 0 aromatic heterocycles. The zero-order chi connectivity index (χ0) is 9.61. The summed E-state index contributed by atoms with van der Waals surface area (Å²) in [5.74, 6) is -0.891. The zero-order valence-electron chi connectivity index (χ0n) is 8.13. The normalized spacial score (nSPS) is 13.5. The van der Waals surface area contributed by atoms with Gasteiger partial charge in [-0.05, 0) is 27.7 Å². The fourth-order valence-electron chi connectivity index (χ4n) is 0.892. The van der Waals surface area contributed by atoms with E-state index in [9.17, 15) is 0 Å². The summed E-state index contributed by atoms with van der Waals surface area (Å²) in [5.41, 5.74) is 0.422. The molecule has 0 spiro atoms. The Hall–Kier alpha value is -0.610. The molecule has 0 aliphatic rings. The van der Waals surface area contributed by atoms with Gasteiger partial charge in [0.05, 0.1) is 0 Å². The van der Waals surface area contributed by atoms with E-state index in [2.05, 4.69) is 5.16 Å². The van der Waals surface area contributed by atoms with Crippen LogP contribution in [0.4, 0.5) is 0 Å². The Labute approximate surface area is 73.2 Å². The Morgan fingerprint density at radius 2 is 1.75 bits per heavy atom. The minimum absolute atomic E-state index is 0.422. The van der Waals surface area contributed by atoms with Crippen molar-refractivity contribution in [3.63, 3.8) is 0 Å². The van der Waals surface area contributed by atoms with E-state index in [0.717, 1.165) is 0 Å². The first-order valence-electron chi connectivity index (χ1n) is 4.07. The van der Waals surface area contributed by atoms with Gasteiger partial charge in [-0.3, -0.25) is 0 Å². The molecule has 0 bridgehead atoms. The molecule has 0 aromatic rings. The molecule has 0 aromatic carbocycles. The molecule has 72 valence electrons. The average Bonchev–Trinajstić information content (AvgIpc) is 2.04. The molecule has 0 aliphatic carbocycles. The summed E-state index contributed by atoms with van der Waals surface area (Å²) in [4.78, 5) is 0. The molecule has 0 radical (unpaired) electrons. The molecule has 0 fully saturated rings. The standard InChI is InChI=1S/C8H17NO3/c1-5-11-8(4,12-6-2)7(3)9-10/h10H,5-6H2,1-4H3. The number of hydrogen-bond donors (Lipinski definition) is 1. The van der Waals surface area contributed by atoms with Crippen molar-refractivity contribution in [2.45, 2.75) is 33.5 Å². The van der Waals surface area contributed by atoms with Gasteiger partial charge in [0.25, 0.3) is 0 Å². The van der Waals surface area contributed by atoms with Crippen molar-refractivity contribution >= 4 is 5.71 Å². The third-order valence-electron chi connectivity index (χ3n) is 1.65. The number of hydrogen-bond acceptors (Lipinski definition) is 4. The molecule has 0 rings (SSSR count). The molecular formula is C8H17NO3. The summed E-state index contributed by atoms with van der Waals surface area (Å²) >= 11 is 0. The second kappa shape index (κ2) is 5.11. The monoisotopic (exact) mass is 175 g/mol. The lowest BCUT2D eigenvalue weighted by atomic mass is 10.2. The highest BCUT2D eigenvalue weighted by Crippen LogP contribution is 2.14. The van der Waals surface area contributed by atoms with Crippen molar-refractivity contribution in [3.8, 4) is 0 Å². The molecule has 0 aliphatic heterocycles. The molecule has 0 unspecified atom stereocenters. The van der Waals surface area contributed by atoms with Gasteiger partial charge in [0, 0.05) is 13.2 Å². The molecule has 0 saturated heterocycles. The third kappa shape index (κ3) is 2.79. The van der Waals surface area contributed by atoms with E-state index in [0.29, 0.717) is 18.9 Å². The van der Waals surface area contributed by atoms with Crippen LogP contribution in [0.3, 0.4) is 0 Å². The second-order valence-electron chi connectivity index (χ2n) is 2.50. The van der Waals surface area contributed by atoms with Crippen LogP contribution in [0.15, 0.2) is 5.16 Å². The van der Waals surface area contributed by atoms with E-state index in [1.807, 2.05) is 13.8 Å². The van der Waals surface area contributed by atoms with Crippen LogP contribution in [-0.2, 0) is 9.47 Å². The van der Waals surface area contributed by atoms with Gasteiger partial charge < -0.3 is 14.7 Å². The first-order chi connectivity index (χ1) is 5.60. The van der Waals surface area contributed by atoms with Crippen molar-refractivity contribution in [1.29, 1.82) is 0 Å². The van der Waals surface area contributed by atoms with Crippen molar-refractivity contribution in [2.75, 3.05) is 13.2 Å². The summed E-state index contributed by atoms with van der Waals surface area (Å²) in [6.45, 7) is 8.15. The first-order valence-corrected chi connectivity index (χ1v) is 4.07. The molecule has 1 N–H and O–H groups in total. The first kappa shape index (κ1) is 11.4. The van der Waals surface area contributed by atoms with E-state index in [-0.39, 0.29) is 0 Å². The average molecular weight is 175 g/mol. The Morgan fingerprint density at radius 3 is 2.00 bits per heavy atom. The van der Waals surface area contributed by atoms with E-state index in [4.69, 9.17) is 14.7 Å². The van der Waals surface area contributed by atoms with Crippen molar-refractivity contribution < 1.29 is 14.7 Å². The highest BCUT2D eigenvalue weighted by atomic mass is 16.7. The molecular weight excluding hydrogens is 158 g/mol. The Kier molecular flexibility index (Phi) is 4.85. The molecule has 0 atom stereocenters. The fraction of sp³-hybridized carbons (Fsp3) is 0.875. The fourth-order valence-corrected chi connectivity index (χ4v) is 0.892. The summed E-state index contributed by atoms with van der Waals surface area (Å²) in [6.07, 6.45) is 0. The van der Waals surface area contributed by atoms with Gasteiger partial charge >= 0.3 is 0 Å². The molecule has 12 heavy (non-hydrogen) atoms. The number of rotatable bonds is 5. The van der Waals surface area contributed by atoms with Crippen LogP contribution in [-0.4, -0.2) is 29.9 Å². The van der Waals surface area contributed by atoms with Gasteiger partial charge in [0.1, 0.15) is 5.71 Å². The number of oxime groups is 1. The lowest BCUT2D eigenvalue weighted by Gasteiger charge is -2.27. The van der Waals surface area contributed by atoms with Gasteiger partial charge in [0.2, 0.25) is 5.79 Å². The lowest BCUT2D eigenvalue weighted by molar-refractivity contribution is -0.172. The molecule has 0 saturated carbocycles. The minimum atomic E-state index is -0.891. The SMILES string of the molecule is CCOC(C)(OCC)C(C)=NO. The predicted molar refractivity (Wildman–Crippen MR) is 46.6 cm³/mol. The lowest BCUT2D eigenvalue weighted by Crippen LogP contribution is -2.40. The Balaban J connectivity index is 4.37. The second-order valence-corrected chi connectivity index (χ2v) is 2.50. The van der Waals surface area contributed by atoms with Crippen LogP contribution in [0.2, 0.25) is 0 Å². The van der Waals surface area contributed by atoms with Crippen LogP contribution in [0.1, 0.15) is 27.7 Å². The minimum Gasteiger partial charge on any atom is -0.411 e. The van der Waals surface area contributed by atoms with Gasteiger partial charge in [-0.25, -0.2) is 0 Å². The van der Waals surface area contributed by atoms with Gasteiger partial charge in [-0.2, -0.15) is 0 Å². The van der Waals surface area contributed by atoms with Crippen LogP contribution in [0.5, 0.6) is 0 Å². The highest BCUT2D eigenvalue weighted by Gasteiger charge is 2.29. The van der Waals surface area contributed by atoms with Crippen molar-refractivity contribution in [1.82, 2.24) is 0 Å². The highest BCUT2D eigenvalue weighted by molar-refractivity contribution is 5.88. The molecule has 4 nitrogen and oxygen atoms in total. The Morgan fingerprint density at radius 1 is 1.33 bits per heavy atom. The van der Waals surface area contributed by atoms with Crippen molar-refractivity contribution in [2.24, 2.45) is 5.16 Å². The summed E-state index contributed by atoms with van der Waals surface area (Å²) in [7, 11) is 0. The number of ether oxygens (including phenoxy) is 2. The van der Waals surface area contributed by atoms with Gasteiger partial charge in [-0.15, -0.1) is 0 Å².